The van der Waals surface area contributed by atoms with Gasteiger partial charge >= 0.3 is 7.60 Å². The smallest absolute Gasteiger partial charge is 0.299 e. The molecule has 0 aromatic heterocycles. The van der Waals surface area contributed by atoms with Gasteiger partial charge in [-0.25, -0.2) is 0 Å². The van der Waals surface area contributed by atoms with E-state index in [4.69, 9.17) is 9.05 Å². The van der Waals surface area contributed by atoms with Gasteiger partial charge in [0.1, 0.15) is 0 Å². The summed E-state index contributed by atoms with van der Waals surface area (Å²) in [4.78, 5) is 0. The molecule has 114 valence electrons. The first-order valence-electron chi connectivity index (χ1n) is 7.38. The van der Waals surface area contributed by atoms with Crippen LogP contribution in [-0.2, 0) is 13.6 Å². The summed E-state index contributed by atoms with van der Waals surface area (Å²) < 4.78 is 24.7. The van der Waals surface area contributed by atoms with Crippen LogP contribution in [0.2, 0.25) is 0 Å². The molecule has 0 saturated carbocycles. The molecule has 22 heavy (non-hydrogen) atoms. The van der Waals surface area contributed by atoms with Gasteiger partial charge in [-0.3, -0.25) is 13.6 Å². The Morgan fingerprint density at radius 1 is 0.909 bits per heavy atom. The lowest BCUT2D eigenvalue weighted by Crippen LogP contribution is -2.13. The zero-order valence-corrected chi connectivity index (χ0v) is 13.6. The monoisotopic (exact) mass is 314 g/mol. The summed E-state index contributed by atoms with van der Waals surface area (Å²) >= 11 is 0. The van der Waals surface area contributed by atoms with E-state index in [9.17, 15) is 4.57 Å². The van der Waals surface area contributed by atoms with Crippen molar-refractivity contribution in [2.45, 2.75) is 26.1 Å². The van der Waals surface area contributed by atoms with Gasteiger partial charge < -0.3 is 0 Å². The Morgan fingerprint density at radius 2 is 1.41 bits per heavy atom. The van der Waals surface area contributed by atoms with Gasteiger partial charge in [0.05, 0.1) is 17.5 Å². The minimum Gasteiger partial charge on any atom is -0.299 e. The van der Waals surface area contributed by atoms with Gasteiger partial charge in [0, 0.05) is 0 Å². The van der Waals surface area contributed by atoms with Crippen molar-refractivity contribution in [3.05, 3.63) is 71.8 Å². The molecule has 2 unspecified atom stereocenters. The molecule has 1 aliphatic rings. The molecule has 1 heterocycles. The first-order chi connectivity index (χ1) is 10.6. The molecule has 0 spiro atoms. The van der Waals surface area contributed by atoms with Crippen LogP contribution in [0.5, 0.6) is 0 Å². The van der Waals surface area contributed by atoms with Crippen LogP contribution < -0.4 is 0 Å². The molecular formula is C18H19O3P. The summed E-state index contributed by atoms with van der Waals surface area (Å²) in [5, 5.41) is 0.607. The molecule has 4 heteroatoms. The van der Waals surface area contributed by atoms with Gasteiger partial charge in [-0.05, 0) is 31.1 Å². The second kappa shape index (κ2) is 6.21. The van der Waals surface area contributed by atoms with Crippen LogP contribution in [0.1, 0.15) is 25.0 Å². The van der Waals surface area contributed by atoms with Crippen LogP contribution in [-0.4, -0.2) is 12.2 Å². The number of hydrogen-bond donors (Lipinski definition) is 0. The molecule has 0 amide bonds. The zero-order valence-electron chi connectivity index (χ0n) is 12.7. The third-order valence-corrected chi connectivity index (χ3v) is 5.94. The lowest BCUT2D eigenvalue weighted by Gasteiger charge is -2.15. The Hall–Kier alpha value is -1.67. The van der Waals surface area contributed by atoms with E-state index in [1.807, 2.05) is 80.6 Å². The lowest BCUT2D eigenvalue weighted by atomic mass is 10.1. The predicted octanol–water partition coefficient (Wildman–Crippen LogP) is 5.20. The quantitative estimate of drug-likeness (QED) is 0.577. The highest BCUT2D eigenvalue weighted by Crippen LogP contribution is 2.66. The molecule has 2 aromatic carbocycles. The van der Waals surface area contributed by atoms with Crippen molar-refractivity contribution in [2.24, 2.45) is 0 Å². The molecule has 0 bridgehead atoms. The summed E-state index contributed by atoms with van der Waals surface area (Å²) in [5.41, 5.74) is 1.83. The molecule has 0 radical (unpaired) electrons. The molecule has 3 nitrogen and oxygen atoms in total. The highest BCUT2D eigenvalue weighted by atomic mass is 31.2. The Morgan fingerprint density at radius 3 is 1.95 bits per heavy atom. The highest BCUT2D eigenvalue weighted by Gasteiger charge is 2.43. The highest BCUT2D eigenvalue weighted by molar-refractivity contribution is 7.65. The average molecular weight is 314 g/mol. The van der Waals surface area contributed by atoms with E-state index in [-0.39, 0.29) is 12.2 Å². The first-order valence-corrected chi connectivity index (χ1v) is 8.92. The first kappa shape index (κ1) is 15.2. The van der Waals surface area contributed by atoms with Crippen molar-refractivity contribution in [3.8, 4) is 0 Å². The van der Waals surface area contributed by atoms with E-state index in [0.29, 0.717) is 5.31 Å². The van der Waals surface area contributed by atoms with Crippen LogP contribution in [0.25, 0.3) is 11.4 Å². The minimum absolute atomic E-state index is 0.186. The standard InChI is InChI=1S/C18H19O3P/c1-14-15(2)21-22(19,20-14)18(17-11-7-4-8-12-17)13-16-9-5-3-6-10-16/h3-15H,1-2H3/b18-13+. The average Bonchev–Trinajstić information content (AvgIpc) is 2.80. The second-order valence-corrected chi connectivity index (χ2v) is 7.32. The Balaban J connectivity index is 2.09. The molecule has 1 aliphatic heterocycles. The van der Waals surface area contributed by atoms with Gasteiger partial charge in [-0.2, -0.15) is 0 Å². The van der Waals surface area contributed by atoms with E-state index >= 15 is 0 Å². The Bertz CT molecular complexity index is 696. The third-order valence-electron chi connectivity index (χ3n) is 3.74. The molecule has 1 fully saturated rings. The second-order valence-electron chi connectivity index (χ2n) is 5.42. The molecular weight excluding hydrogens is 295 g/mol. The van der Waals surface area contributed by atoms with E-state index in [0.717, 1.165) is 11.1 Å². The molecule has 0 N–H and O–H groups in total. The van der Waals surface area contributed by atoms with E-state index < -0.39 is 7.60 Å². The third kappa shape index (κ3) is 3.07. The normalized spacial score (nSPS) is 28.7. The fourth-order valence-electron chi connectivity index (χ4n) is 2.38. The maximum atomic E-state index is 13.2. The number of rotatable bonds is 3. The molecule has 3 rings (SSSR count). The van der Waals surface area contributed by atoms with Crippen molar-refractivity contribution in [1.29, 1.82) is 0 Å². The maximum Gasteiger partial charge on any atom is 0.362 e. The van der Waals surface area contributed by atoms with Crippen molar-refractivity contribution < 1.29 is 13.6 Å². The van der Waals surface area contributed by atoms with Crippen molar-refractivity contribution in [1.82, 2.24) is 0 Å². The fraction of sp³-hybridized carbons (Fsp3) is 0.222. The molecule has 0 aliphatic carbocycles. The van der Waals surface area contributed by atoms with Crippen molar-refractivity contribution in [2.75, 3.05) is 0 Å². The van der Waals surface area contributed by atoms with Crippen LogP contribution in [0.15, 0.2) is 60.7 Å². The minimum atomic E-state index is -3.32. The van der Waals surface area contributed by atoms with Gasteiger partial charge in [0.2, 0.25) is 0 Å². The van der Waals surface area contributed by atoms with Crippen molar-refractivity contribution in [3.63, 3.8) is 0 Å². The largest absolute Gasteiger partial charge is 0.362 e. The number of benzene rings is 2. The van der Waals surface area contributed by atoms with E-state index in [1.165, 1.54) is 0 Å². The van der Waals surface area contributed by atoms with Gasteiger partial charge in [-0.1, -0.05) is 60.7 Å². The van der Waals surface area contributed by atoms with Gasteiger partial charge in [0.15, 0.2) is 0 Å². The molecule has 2 atom stereocenters. The summed E-state index contributed by atoms with van der Waals surface area (Å²) in [5.74, 6) is 0. The summed E-state index contributed by atoms with van der Waals surface area (Å²) in [7, 11) is -3.32. The van der Waals surface area contributed by atoms with Gasteiger partial charge in [-0.15, -0.1) is 0 Å². The maximum absolute atomic E-state index is 13.2. The van der Waals surface area contributed by atoms with E-state index in [2.05, 4.69) is 0 Å². The van der Waals surface area contributed by atoms with Crippen LogP contribution in [0, 0.1) is 0 Å². The summed E-state index contributed by atoms with van der Waals surface area (Å²) in [6.45, 7) is 3.77. The predicted molar refractivity (Wildman–Crippen MR) is 89.5 cm³/mol. The topological polar surface area (TPSA) is 35.5 Å². The van der Waals surface area contributed by atoms with Gasteiger partial charge in [0.25, 0.3) is 0 Å². The summed E-state index contributed by atoms with van der Waals surface area (Å²) in [6, 6.07) is 19.4. The van der Waals surface area contributed by atoms with Crippen molar-refractivity contribution >= 4 is 19.0 Å². The van der Waals surface area contributed by atoms with Crippen LogP contribution in [0.4, 0.5) is 0 Å². The molecule has 1 saturated heterocycles. The number of hydrogen-bond acceptors (Lipinski definition) is 3. The molecule has 2 aromatic rings. The van der Waals surface area contributed by atoms with E-state index in [1.54, 1.807) is 0 Å². The Kier molecular flexibility index (Phi) is 4.30. The zero-order chi connectivity index (χ0) is 15.6. The summed E-state index contributed by atoms with van der Waals surface area (Å²) in [6.07, 6.45) is 1.52. The fourth-order valence-corrected chi connectivity index (χ4v) is 4.65. The van der Waals surface area contributed by atoms with Crippen LogP contribution in [0.3, 0.4) is 0 Å². The van der Waals surface area contributed by atoms with Crippen LogP contribution >= 0.6 is 7.60 Å². The SMILES string of the molecule is CC1OP(=O)(/C(=C/c2ccccc2)c2ccccc2)OC1C. The Labute approximate surface area is 131 Å². The lowest BCUT2D eigenvalue weighted by molar-refractivity contribution is 0.187.